The molecule has 1 aliphatic carbocycles. The zero-order valence-corrected chi connectivity index (χ0v) is 15.7. The molecule has 1 saturated heterocycles. The molecule has 0 spiro atoms. The third-order valence-corrected chi connectivity index (χ3v) is 5.87. The molecular weight excluding hydrogens is 384 g/mol. The largest absolute Gasteiger partial charge is 0.464 e. The van der Waals surface area contributed by atoms with Gasteiger partial charge >= 0.3 is 0 Å². The number of ether oxygens (including phenoxy) is 1. The minimum absolute atomic E-state index is 0.152. The van der Waals surface area contributed by atoms with Gasteiger partial charge in [0.25, 0.3) is 0 Å². The van der Waals surface area contributed by atoms with Crippen LogP contribution in [0, 0.1) is 16.0 Å². The summed E-state index contributed by atoms with van der Waals surface area (Å²) in [7, 11) is 0. The van der Waals surface area contributed by atoms with Gasteiger partial charge in [-0.15, -0.1) is 0 Å². The van der Waals surface area contributed by atoms with Crippen molar-refractivity contribution in [1.29, 1.82) is 5.26 Å². The Kier molecular flexibility index (Phi) is 5.09. The molecule has 0 bridgehead atoms. The van der Waals surface area contributed by atoms with E-state index in [9.17, 15) is 25.7 Å². The first-order valence-electron chi connectivity index (χ1n) is 9.04. The summed E-state index contributed by atoms with van der Waals surface area (Å²) in [6.45, 7) is -0.535. The van der Waals surface area contributed by atoms with E-state index in [1.165, 1.54) is 6.26 Å². The van der Waals surface area contributed by atoms with Gasteiger partial charge in [0.05, 0.1) is 18.4 Å². The van der Waals surface area contributed by atoms with Crippen LogP contribution in [0.1, 0.15) is 29.5 Å². The van der Waals surface area contributed by atoms with Gasteiger partial charge in [0, 0.05) is 11.3 Å². The van der Waals surface area contributed by atoms with Crippen LogP contribution in [0.2, 0.25) is 0 Å². The van der Waals surface area contributed by atoms with Crippen molar-refractivity contribution in [1.82, 2.24) is 4.57 Å². The van der Waals surface area contributed by atoms with E-state index in [1.54, 1.807) is 16.7 Å². The Morgan fingerprint density at radius 1 is 1.21 bits per heavy atom. The first-order valence-corrected chi connectivity index (χ1v) is 9.45. The number of rotatable bonds is 3. The van der Waals surface area contributed by atoms with Crippen molar-refractivity contribution >= 4 is 12.2 Å². The second-order valence-corrected chi connectivity index (χ2v) is 7.40. The highest BCUT2D eigenvalue weighted by atomic mass is 32.1. The maximum atomic E-state index is 10.6. The highest BCUT2D eigenvalue weighted by Gasteiger charge is 2.45. The molecule has 2 aromatic rings. The van der Waals surface area contributed by atoms with Crippen molar-refractivity contribution in [2.45, 2.75) is 49.9 Å². The average Bonchev–Trinajstić information content (AvgIpc) is 3.38. The number of hydrogen-bond donors (Lipinski definition) is 4. The first-order chi connectivity index (χ1) is 13.5. The van der Waals surface area contributed by atoms with Gasteiger partial charge in [0.2, 0.25) is 0 Å². The molecule has 2 aliphatic rings. The van der Waals surface area contributed by atoms with E-state index >= 15 is 0 Å². The Balaban J connectivity index is 1.93. The molecule has 1 aliphatic heterocycles. The summed E-state index contributed by atoms with van der Waals surface area (Å²) in [5.74, 6) is 0.543. The van der Waals surface area contributed by atoms with Crippen molar-refractivity contribution in [2.75, 3.05) is 6.61 Å². The Hall–Kier alpha value is -2.06. The highest BCUT2D eigenvalue weighted by molar-refractivity contribution is 7.71. The van der Waals surface area contributed by atoms with Crippen LogP contribution in [0.15, 0.2) is 22.8 Å². The van der Waals surface area contributed by atoms with E-state index < -0.39 is 37.3 Å². The quantitative estimate of drug-likeness (QED) is 0.553. The molecule has 4 N–H and O–H groups in total. The topological polar surface area (TPSA) is 132 Å². The Labute approximate surface area is 165 Å². The van der Waals surface area contributed by atoms with Crippen molar-refractivity contribution in [3.63, 3.8) is 0 Å². The summed E-state index contributed by atoms with van der Waals surface area (Å²) in [6.07, 6.45) is -2.95. The molecule has 1 fully saturated rings. The van der Waals surface area contributed by atoms with Gasteiger partial charge in [-0.25, -0.2) is 0 Å². The number of aliphatic hydroxyl groups excluding tert-OH is 4. The molecule has 0 radical (unpaired) electrons. The number of aliphatic hydroxyl groups is 4. The SMILES string of the molecule is N#Cc1c(-c2ccco2)c2c(n([C@@H]3O[C@H](CO)[C@@H](O)[C@H](O)[C@H]3O)c1=S)CCC2. The van der Waals surface area contributed by atoms with Crippen molar-refractivity contribution in [3.05, 3.63) is 39.9 Å². The molecule has 2 aromatic heterocycles. The number of furan rings is 1. The van der Waals surface area contributed by atoms with Crippen molar-refractivity contribution < 1.29 is 29.6 Å². The monoisotopic (exact) mass is 404 g/mol. The maximum absolute atomic E-state index is 10.6. The van der Waals surface area contributed by atoms with Crippen LogP contribution in [0.4, 0.5) is 0 Å². The molecule has 0 unspecified atom stereocenters. The third-order valence-electron chi connectivity index (χ3n) is 5.46. The molecule has 0 saturated carbocycles. The van der Waals surface area contributed by atoms with Gasteiger partial charge in [-0.1, -0.05) is 12.2 Å². The predicted octanol–water partition coefficient (Wildman–Crippen LogP) is 0.810. The predicted molar refractivity (Wildman–Crippen MR) is 98.7 cm³/mol. The number of fused-ring (bicyclic) bond motifs is 1. The summed E-state index contributed by atoms with van der Waals surface area (Å²) >= 11 is 5.57. The van der Waals surface area contributed by atoms with E-state index in [4.69, 9.17) is 21.4 Å². The zero-order chi connectivity index (χ0) is 20.0. The molecular formula is C19H20N2O6S. The van der Waals surface area contributed by atoms with Crippen LogP contribution in [0.5, 0.6) is 0 Å². The lowest BCUT2D eigenvalue weighted by Gasteiger charge is -2.41. The van der Waals surface area contributed by atoms with E-state index in [0.29, 0.717) is 24.2 Å². The minimum Gasteiger partial charge on any atom is -0.464 e. The Bertz CT molecular complexity index is 978. The van der Waals surface area contributed by atoms with E-state index in [1.807, 2.05) is 0 Å². The van der Waals surface area contributed by atoms with Crippen LogP contribution >= 0.6 is 12.2 Å². The van der Waals surface area contributed by atoms with Crippen LogP contribution in [0.25, 0.3) is 11.3 Å². The normalized spacial score (nSPS) is 29.5. The molecule has 3 heterocycles. The van der Waals surface area contributed by atoms with Crippen LogP contribution in [-0.2, 0) is 17.6 Å². The number of hydrogen-bond acceptors (Lipinski definition) is 8. The lowest BCUT2D eigenvalue weighted by molar-refractivity contribution is -0.252. The summed E-state index contributed by atoms with van der Waals surface area (Å²) in [5.41, 5.74) is 2.55. The van der Waals surface area contributed by atoms with Gasteiger partial charge in [-0.2, -0.15) is 5.26 Å². The number of nitriles is 1. The molecule has 8 nitrogen and oxygen atoms in total. The number of pyridine rings is 1. The van der Waals surface area contributed by atoms with Gasteiger partial charge in [-0.05, 0) is 37.0 Å². The Morgan fingerprint density at radius 2 is 2.00 bits per heavy atom. The van der Waals surface area contributed by atoms with E-state index in [2.05, 4.69) is 6.07 Å². The van der Waals surface area contributed by atoms with Crippen molar-refractivity contribution in [2.24, 2.45) is 0 Å². The summed E-state index contributed by atoms with van der Waals surface area (Å²) in [5, 5.41) is 50.1. The highest BCUT2D eigenvalue weighted by Crippen LogP contribution is 2.40. The molecule has 148 valence electrons. The molecule has 5 atom stereocenters. The van der Waals surface area contributed by atoms with E-state index in [0.717, 1.165) is 17.7 Å². The van der Waals surface area contributed by atoms with Crippen molar-refractivity contribution in [3.8, 4) is 17.4 Å². The minimum atomic E-state index is -1.52. The summed E-state index contributed by atoms with van der Waals surface area (Å²) in [4.78, 5) is 0. The average molecular weight is 404 g/mol. The first kappa shape index (κ1) is 19.3. The number of nitrogens with zero attached hydrogens (tertiary/aromatic N) is 2. The molecule has 28 heavy (non-hydrogen) atoms. The van der Waals surface area contributed by atoms with Gasteiger partial charge in [0.1, 0.15) is 40.9 Å². The van der Waals surface area contributed by atoms with E-state index in [-0.39, 0.29) is 10.2 Å². The standard InChI is InChI=1S/C19H20N2O6S/c20-7-10-14(12-5-2-6-26-12)9-3-1-4-11(9)21(19(10)28)18-17(25)16(24)15(23)13(8-22)27-18/h2,5-6,13,15-18,22-25H,1,3-4,8H2/t13-,15-,16+,17-,18-/m1/s1. The van der Waals surface area contributed by atoms with Crippen LogP contribution in [0.3, 0.4) is 0 Å². The van der Waals surface area contributed by atoms with Gasteiger partial charge in [-0.3, -0.25) is 0 Å². The van der Waals surface area contributed by atoms with Gasteiger partial charge in [0.15, 0.2) is 6.23 Å². The molecule has 4 rings (SSSR count). The summed E-state index contributed by atoms with van der Waals surface area (Å²) < 4.78 is 12.9. The Morgan fingerprint density at radius 3 is 2.64 bits per heavy atom. The second kappa shape index (κ2) is 7.40. The van der Waals surface area contributed by atoms with Crippen LogP contribution < -0.4 is 0 Å². The summed E-state index contributed by atoms with van der Waals surface area (Å²) in [6, 6.07) is 5.64. The zero-order valence-electron chi connectivity index (χ0n) is 14.9. The van der Waals surface area contributed by atoms with Gasteiger partial charge < -0.3 is 34.1 Å². The fraction of sp³-hybridized carbons (Fsp3) is 0.474. The maximum Gasteiger partial charge on any atom is 0.164 e. The number of aromatic nitrogens is 1. The third kappa shape index (κ3) is 2.81. The second-order valence-electron chi connectivity index (χ2n) is 7.01. The van der Waals surface area contributed by atoms with Crippen LogP contribution in [-0.4, -0.2) is 56.0 Å². The lowest BCUT2D eigenvalue weighted by Crippen LogP contribution is -2.56. The molecule has 0 aromatic carbocycles. The smallest absolute Gasteiger partial charge is 0.164 e. The fourth-order valence-corrected chi connectivity index (χ4v) is 4.49. The molecule has 0 amide bonds. The molecule has 9 heteroatoms. The fourth-order valence-electron chi connectivity index (χ4n) is 4.12. The lowest BCUT2D eigenvalue weighted by atomic mass is 9.96.